The standard InChI is InChI=1S/C20H21N3O2S2/c24-27(25,23-12-2-1-3-13-23)18-9-10-19(22-14-18)26-15-17-7-4-6-16-8-5-11-21-20(16)17/h4-11,14H,1-3,12-13,15H2. The summed E-state index contributed by atoms with van der Waals surface area (Å²) in [4.78, 5) is 9.12. The van der Waals surface area contributed by atoms with Gasteiger partial charge >= 0.3 is 0 Å². The second-order valence-electron chi connectivity index (χ2n) is 6.58. The number of nitrogens with zero attached hydrogens (tertiary/aromatic N) is 3. The molecule has 1 aliphatic rings. The van der Waals surface area contributed by atoms with Crippen molar-refractivity contribution in [2.24, 2.45) is 0 Å². The van der Waals surface area contributed by atoms with Crippen LogP contribution in [0.2, 0.25) is 0 Å². The predicted molar refractivity (Wildman–Crippen MR) is 108 cm³/mol. The Morgan fingerprint density at radius 1 is 0.963 bits per heavy atom. The van der Waals surface area contributed by atoms with Gasteiger partial charge in [0.05, 0.1) is 10.5 Å². The third-order valence-electron chi connectivity index (χ3n) is 4.75. The zero-order valence-electron chi connectivity index (χ0n) is 14.9. The number of piperidine rings is 1. The van der Waals surface area contributed by atoms with E-state index >= 15 is 0 Å². The highest BCUT2D eigenvalue weighted by atomic mass is 32.2. The summed E-state index contributed by atoms with van der Waals surface area (Å²) in [5, 5.41) is 1.92. The van der Waals surface area contributed by atoms with Gasteiger partial charge in [0, 0.05) is 36.6 Å². The molecule has 0 bridgehead atoms. The van der Waals surface area contributed by atoms with E-state index in [9.17, 15) is 8.42 Å². The van der Waals surface area contributed by atoms with Gasteiger partial charge < -0.3 is 0 Å². The molecular weight excluding hydrogens is 378 g/mol. The molecule has 2 aromatic heterocycles. The van der Waals surface area contributed by atoms with Crippen molar-refractivity contribution < 1.29 is 8.42 Å². The van der Waals surface area contributed by atoms with Crippen LogP contribution in [0.1, 0.15) is 24.8 Å². The summed E-state index contributed by atoms with van der Waals surface area (Å²) in [5.41, 5.74) is 2.14. The summed E-state index contributed by atoms with van der Waals surface area (Å²) in [6.07, 6.45) is 6.24. The normalized spacial score (nSPS) is 15.9. The molecule has 1 saturated heterocycles. The molecule has 4 rings (SSSR count). The fourth-order valence-electron chi connectivity index (χ4n) is 3.29. The first-order valence-electron chi connectivity index (χ1n) is 9.06. The lowest BCUT2D eigenvalue weighted by Crippen LogP contribution is -2.35. The fourth-order valence-corrected chi connectivity index (χ4v) is 5.59. The Bertz CT molecular complexity index is 1030. The minimum absolute atomic E-state index is 0.278. The molecule has 5 nitrogen and oxygen atoms in total. The summed E-state index contributed by atoms with van der Waals surface area (Å²) in [6.45, 7) is 1.21. The van der Waals surface area contributed by atoms with Crippen LogP contribution in [0.4, 0.5) is 0 Å². The maximum atomic E-state index is 12.7. The molecule has 0 N–H and O–H groups in total. The number of pyridine rings is 2. The number of thioether (sulfide) groups is 1. The molecule has 3 heterocycles. The van der Waals surface area contributed by atoms with Gasteiger partial charge in [0.2, 0.25) is 10.0 Å². The minimum Gasteiger partial charge on any atom is -0.256 e. The highest BCUT2D eigenvalue weighted by Crippen LogP contribution is 2.26. The maximum Gasteiger partial charge on any atom is 0.244 e. The number of rotatable bonds is 5. The van der Waals surface area contributed by atoms with Gasteiger partial charge in [-0.2, -0.15) is 4.31 Å². The summed E-state index contributed by atoms with van der Waals surface area (Å²) < 4.78 is 27.0. The lowest BCUT2D eigenvalue weighted by molar-refractivity contribution is 0.346. The van der Waals surface area contributed by atoms with E-state index in [1.165, 1.54) is 6.20 Å². The van der Waals surface area contributed by atoms with Crippen LogP contribution in [0.15, 0.2) is 64.8 Å². The number of para-hydroxylation sites is 1. The largest absolute Gasteiger partial charge is 0.256 e. The topological polar surface area (TPSA) is 63.2 Å². The molecule has 0 saturated carbocycles. The van der Waals surface area contributed by atoms with Gasteiger partial charge in [-0.25, -0.2) is 13.4 Å². The molecule has 1 aromatic carbocycles. The minimum atomic E-state index is -3.42. The van der Waals surface area contributed by atoms with Gasteiger partial charge in [-0.1, -0.05) is 30.7 Å². The zero-order chi connectivity index (χ0) is 18.7. The second kappa shape index (κ2) is 7.96. The van der Waals surface area contributed by atoms with Crippen molar-refractivity contribution >= 4 is 32.7 Å². The lowest BCUT2D eigenvalue weighted by atomic mass is 10.1. The Morgan fingerprint density at radius 3 is 2.56 bits per heavy atom. The van der Waals surface area contributed by atoms with Gasteiger partial charge in [-0.15, -0.1) is 11.8 Å². The van der Waals surface area contributed by atoms with Gasteiger partial charge in [0.15, 0.2) is 0 Å². The lowest BCUT2D eigenvalue weighted by Gasteiger charge is -2.25. The van der Waals surface area contributed by atoms with Crippen LogP contribution in [0.3, 0.4) is 0 Å². The average Bonchev–Trinajstić information content (AvgIpc) is 2.73. The molecule has 3 aromatic rings. The van der Waals surface area contributed by atoms with Gasteiger partial charge in [0.25, 0.3) is 0 Å². The number of sulfonamides is 1. The molecule has 140 valence electrons. The number of hydrogen-bond donors (Lipinski definition) is 0. The molecule has 7 heteroatoms. The zero-order valence-corrected chi connectivity index (χ0v) is 16.5. The van der Waals surface area contributed by atoms with E-state index < -0.39 is 10.0 Å². The molecular formula is C20H21N3O2S2. The number of hydrogen-bond acceptors (Lipinski definition) is 5. The summed E-state index contributed by atoms with van der Waals surface area (Å²) in [5.74, 6) is 0.736. The average molecular weight is 400 g/mol. The Labute approximate surface area is 163 Å². The fraction of sp³-hybridized carbons (Fsp3) is 0.300. The van der Waals surface area contributed by atoms with E-state index in [4.69, 9.17) is 0 Å². The number of benzene rings is 1. The van der Waals surface area contributed by atoms with E-state index in [-0.39, 0.29) is 4.90 Å². The van der Waals surface area contributed by atoms with E-state index in [0.29, 0.717) is 13.1 Å². The Balaban J connectivity index is 1.48. The summed E-state index contributed by atoms with van der Waals surface area (Å²) in [6, 6.07) is 13.6. The van der Waals surface area contributed by atoms with Crippen molar-refractivity contribution in [2.75, 3.05) is 13.1 Å². The molecule has 0 unspecified atom stereocenters. The first kappa shape index (κ1) is 18.4. The van der Waals surface area contributed by atoms with Crippen LogP contribution in [0.25, 0.3) is 10.9 Å². The first-order chi connectivity index (χ1) is 13.1. The van der Waals surface area contributed by atoms with E-state index in [1.54, 1.807) is 34.4 Å². The van der Waals surface area contributed by atoms with Crippen molar-refractivity contribution in [3.05, 3.63) is 60.4 Å². The maximum absolute atomic E-state index is 12.7. The molecule has 0 amide bonds. The van der Waals surface area contributed by atoms with Crippen LogP contribution < -0.4 is 0 Å². The number of aromatic nitrogens is 2. The van der Waals surface area contributed by atoms with Gasteiger partial charge in [0.1, 0.15) is 4.90 Å². The van der Waals surface area contributed by atoms with E-state index in [0.717, 1.165) is 46.5 Å². The molecule has 27 heavy (non-hydrogen) atoms. The van der Waals surface area contributed by atoms with E-state index in [2.05, 4.69) is 28.2 Å². The van der Waals surface area contributed by atoms with Crippen molar-refractivity contribution in [3.8, 4) is 0 Å². The Hall–Kier alpha value is -1.96. The van der Waals surface area contributed by atoms with Crippen molar-refractivity contribution in [1.82, 2.24) is 14.3 Å². The monoisotopic (exact) mass is 399 g/mol. The van der Waals surface area contributed by atoms with Crippen molar-refractivity contribution in [2.45, 2.75) is 34.9 Å². The van der Waals surface area contributed by atoms with E-state index in [1.807, 2.05) is 12.1 Å². The van der Waals surface area contributed by atoms with Crippen LogP contribution in [0.5, 0.6) is 0 Å². The molecule has 1 aliphatic heterocycles. The summed E-state index contributed by atoms with van der Waals surface area (Å²) >= 11 is 1.58. The van der Waals surface area contributed by atoms with Crippen LogP contribution >= 0.6 is 11.8 Å². The van der Waals surface area contributed by atoms with Crippen molar-refractivity contribution in [3.63, 3.8) is 0 Å². The Kier molecular flexibility index (Phi) is 5.43. The third kappa shape index (κ3) is 4.00. The molecule has 0 atom stereocenters. The molecule has 0 radical (unpaired) electrons. The first-order valence-corrected chi connectivity index (χ1v) is 11.5. The van der Waals surface area contributed by atoms with Crippen LogP contribution in [0, 0.1) is 0 Å². The van der Waals surface area contributed by atoms with Gasteiger partial charge in [-0.05, 0) is 36.6 Å². The van der Waals surface area contributed by atoms with Gasteiger partial charge in [-0.3, -0.25) is 4.98 Å². The van der Waals surface area contributed by atoms with Crippen LogP contribution in [-0.4, -0.2) is 35.8 Å². The quantitative estimate of drug-likeness (QED) is 0.605. The number of fused-ring (bicyclic) bond motifs is 1. The predicted octanol–water partition coefficient (Wildman–Crippen LogP) is 4.10. The SMILES string of the molecule is O=S(=O)(c1ccc(SCc2cccc3cccnc23)nc1)N1CCCCC1. The molecule has 0 spiro atoms. The molecule has 1 fully saturated rings. The van der Waals surface area contributed by atoms with Crippen molar-refractivity contribution in [1.29, 1.82) is 0 Å². The highest BCUT2D eigenvalue weighted by molar-refractivity contribution is 7.98. The van der Waals surface area contributed by atoms with Crippen LogP contribution in [-0.2, 0) is 15.8 Å². The third-order valence-corrected chi connectivity index (χ3v) is 7.63. The summed E-state index contributed by atoms with van der Waals surface area (Å²) in [7, 11) is -3.42. The molecule has 0 aliphatic carbocycles. The smallest absolute Gasteiger partial charge is 0.244 e. The highest BCUT2D eigenvalue weighted by Gasteiger charge is 2.26. The Morgan fingerprint density at radius 2 is 1.78 bits per heavy atom. The second-order valence-corrected chi connectivity index (χ2v) is 9.51.